The quantitative estimate of drug-likeness (QED) is 0.622. The Labute approximate surface area is 172 Å². The zero-order valence-electron chi connectivity index (χ0n) is 17.2. The van der Waals surface area contributed by atoms with E-state index in [-0.39, 0.29) is 11.9 Å². The number of amides is 1. The molecule has 1 fully saturated rings. The molecular formula is C23H30N2O4. The van der Waals surface area contributed by atoms with Crippen LogP contribution in [0.15, 0.2) is 48.5 Å². The predicted octanol–water partition coefficient (Wildman–Crippen LogP) is 3.37. The van der Waals surface area contributed by atoms with E-state index in [1.165, 1.54) is 0 Å². The highest BCUT2D eigenvalue weighted by Gasteiger charge is 2.29. The van der Waals surface area contributed by atoms with Crippen molar-refractivity contribution in [2.75, 3.05) is 40.0 Å². The second-order valence-electron chi connectivity index (χ2n) is 6.96. The van der Waals surface area contributed by atoms with Crippen LogP contribution in [0.25, 0.3) is 0 Å². The van der Waals surface area contributed by atoms with E-state index in [1.807, 2.05) is 61.3 Å². The molecule has 0 radical (unpaired) electrons. The minimum atomic E-state index is 0.0441. The molecule has 1 saturated heterocycles. The minimum Gasteiger partial charge on any atom is -0.490 e. The highest BCUT2D eigenvalue weighted by molar-refractivity contribution is 5.95. The Morgan fingerprint density at radius 3 is 2.62 bits per heavy atom. The lowest BCUT2D eigenvalue weighted by Gasteiger charge is -2.25. The molecule has 2 aromatic rings. The molecule has 6 nitrogen and oxygen atoms in total. The van der Waals surface area contributed by atoms with Crippen molar-refractivity contribution in [3.8, 4) is 17.2 Å². The van der Waals surface area contributed by atoms with Crippen LogP contribution >= 0.6 is 0 Å². The molecular weight excluding hydrogens is 368 g/mol. The van der Waals surface area contributed by atoms with Crippen molar-refractivity contribution in [1.82, 2.24) is 10.2 Å². The summed E-state index contributed by atoms with van der Waals surface area (Å²) in [5.41, 5.74) is 0.629. The molecule has 0 aromatic heterocycles. The standard InChI is InChI=1S/C23H30N2O4/c1-3-27-22-16-18(23(26)25-13-7-8-19(25)17-24-2)11-12-21(22)29-15-14-28-20-9-5-4-6-10-20/h4-6,9-12,16,19,24H,3,7-8,13-15,17H2,1-2H3. The molecule has 1 heterocycles. The topological polar surface area (TPSA) is 60.0 Å². The van der Waals surface area contributed by atoms with Gasteiger partial charge in [0.25, 0.3) is 5.91 Å². The highest BCUT2D eigenvalue weighted by atomic mass is 16.5. The number of hydrogen-bond donors (Lipinski definition) is 1. The van der Waals surface area contributed by atoms with Gasteiger partial charge in [-0.1, -0.05) is 18.2 Å². The number of carbonyl (C=O) groups excluding carboxylic acids is 1. The zero-order chi connectivity index (χ0) is 20.5. The second kappa shape index (κ2) is 10.7. The summed E-state index contributed by atoms with van der Waals surface area (Å²) in [6.07, 6.45) is 2.08. The average molecular weight is 399 g/mol. The van der Waals surface area contributed by atoms with Crippen LogP contribution in [0.2, 0.25) is 0 Å². The minimum absolute atomic E-state index is 0.0441. The molecule has 156 valence electrons. The normalized spacial score (nSPS) is 15.9. The van der Waals surface area contributed by atoms with E-state index in [0.29, 0.717) is 36.9 Å². The van der Waals surface area contributed by atoms with E-state index < -0.39 is 0 Å². The van der Waals surface area contributed by atoms with Gasteiger partial charge in [-0.05, 0) is 57.1 Å². The summed E-state index contributed by atoms with van der Waals surface area (Å²) in [4.78, 5) is 15.0. The molecule has 1 aliphatic rings. The summed E-state index contributed by atoms with van der Waals surface area (Å²) in [6, 6.07) is 15.3. The van der Waals surface area contributed by atoms with Gasteiger partial charge in [0.1, 0.15) is 19.0 Å². The maximum absolute atomic E-state index is 13.0. The van der Waals surface area contributed by atoms with E-state index in [9.17, 15) is 4.79 Å². The number of para-hydroxylation sites is 1. The predicted molar refractivity (Wildman–Crippen MR) is 113 cm³/mol. The fraction of sp³-hybridized carbons (Fsp3) is 0.435. The van der Waals surface area contributed by atoms with Gasteiger partial charge in [0.2, 0.25) is 0 Å². The Hall–Kier alpha value is -2.73. The van der Waals surface area contributed by atoms with E-state index in [1.54, 1.807) is 6.07 Å². The molecule has 1 unspecified atom stereocenters. The summed E-state index contributed by atoms with van der Waals surface area (Å²) in [6.45, 7) is 4.84. The highest BCUT2D eigenvalue weighted by Crippen LogP contribution is 2.30. The van der Waals surface area contributed by atoms with Crippen LogP contribution in [0.5, 0.6) is 17.2 Å². The van der Waals surface area contributed by atoms with Gasteiger partial charge in [-0.2, -0.15) is 0 Å². The summed E-state index contributed by atoms with van der Waals surface area (Å²) >= 11 is 0. The third-order valence-corrected chi connectivity index (χ3v) is 4.92. The van der Waals surface area contributed by atoms with E-state index in [0.717, 1.165) is 31.7 Å². The van der Waals surface area contributed by atoms with Crippen LogP contribution < -0.4 is 19.5 Å². The van der Waals surface area contributed by atoms with Gasteiger partial charge in [-0.15, -0.1) is 0 Å². The van der Waals surface area contributed by atoms with E-state index in [2.05, 4.69) is 5.32 Å². The number of hydrogen-bond acceptors (Lipinski definition) is 5. The maximum atomic E-state index is 13.0. The molecule has 1 aliphatic heterocycles. The lowest BCUT2D eigenvalue weighted by atomic mass is 10.1. The van der Waals surface area contributed by atoms with Crippen LogP contribution in [0.3, 0.4) is 0 Å². The number of carbonyl (C=O) groups is 1. The van der Waals surface area contributed by atoms with E-state index in [4.69, 9.17) is 14.2 Å². The van der Waals surface area contributed by atoms with Crippen LogP contribution in [0, 0.1) is 0 Å². The average Bonchev–Trinajstić information content (AvgIpc) is 3.21. The molecule has 1 amide bonds. The Bertz CT molecular complexity index is 782. The van der Waals surface area contributed by atoms with Gasteiger partial charge >= 0.3 is 0 Å². The van der Waals surface area contributed by atoms with Gasteiger partial charge in [0.05, 0.1) is 6.61 Å². The SMILES string of the molecule is CCOc1cc(C(=O)N2CCCC2CNC)ccc1OCCOc1ccccc1. The second-order valence-corrected chi connectivity index (χ2v) is 6.96. The molecule has 1 N–H and O–H groups in total. The van der Waals surface area contributed by atoms with Crippen molar-refractivity contribution in [3.05, 3.63) is 54.1 Å². The molecule has 0 saturated carbocycles. The molecule has 0 aliphatic carbocycles. The first-order valence-corrected chi connectivity index (χ1v) is 10.3. The summed E-state index contributed by atoms with van der Waals surface area (Å²) in [5, 5.41) is 3.18. The van der Waals surface area contributed by atoms with Crippen molar-refractivity contribution in [2.24, 2.45) is 0 Å². The first kappa shape index (κ1) is 21.0. The largest absolute Gasteiger partial charge is 0.490 e. The first-order chi connectivity index (χ1) is 14.2. The van der Waals surface area contributed by atoms with E-state index >= 15 is 0 Å². The number of benzene rings is 2. The summed E-state index contributed by atoms with van der Waals surface area (Å²) < 4.78 is 17.2. The molecule has 3 rings (SSSR count). The molecule has 2 aromatic carbocycles. The molecule has 0 bridgehead atoms. The zero-order valence-corrected chi connectivity index (χ0v) is 17.2. The fourth-order valence-corrected chi connectivity index (χ4v) is 3.57. The Morgan fingerprint density at radius 2 is 1.86 bits per heavy atom. The van der Waals surface area contributed by atoms with Gasteiger partial charge in [0, 0.05) is 24.7 Å². The Kier molecular flexibility index (Phi) is 7.76. The smallest absolute Gasteiger partial charge is 0.254 e. The molecule has 6 heteroatoms. The molecule has 29 heavy (non-hydrogen) atoms. The monoisotopic (exact) mass is 398 g/mol. The van der Waals surface area contributed by atoms with Crippen LogP contribution in [0.4, 0.5) is 0 Å². The van der Waals surface area contributed by atoms with Crippen LogP contribution in [-0.4, -0.2) is 56.8 Å². The lowest BCUT2D eigenvalue weighted by molar-refractivity contribution is 0.0736. The van der Waals surface area contributed by atoms with Crippen molar-refractivity contribution in [2.45, 2.75) is 25.8 Å². The summed E-state index contributed by atoms with van der Waals surface area (Å²) in [7, 11) is 1.92. The third-order valence-electron chi connectivity index (χ3n) is 4.92. The number of likely N-dealkylation sites (N-methyl/N-ethyl adjacent to an activating group) is 1. The number of likely N-dealkylation sites (tertiary alicyclic amines) is 1. The first-order valence-electron chi connectivity index (χ1n) is 10.3. The van der Waals surface area contributed by atoms with Gasteiger partial charge in [-0.25, -0.2) is 0 Å². The number of nitrogens with one attached hydrogen (secondary N) is 1. The number of nitrogens with zero attached hydrogens (tertiary/aromatic N) is 1. The Morgan fingerprint density at radius 1 is 1.07 bits per heavy atom. The number of ether oxygens (including phenoxy) is 3. The van der Waals surface area contributed by atoms with Gasteiger partial charge in [-0.3, -0.25) is 4.79 Å². The Balaban J connectivity index is 1.62. The van der Waals surface area contributed by atoms with Crippen molar-refractivity contribution < 1.29 is 19.0 Å². The molecule has 0 spiro atoms. The van der Waals surface area contributed by atoms with Gasteiger partial charge in [0.15, 0.2) is 11.5 Å². The van der Waals surface area contributed by atoms with Crippen molar-refractivity contribution in [3.63, 3.8) is 0 Å². The lowest BCUT2D eigenvalue weighted by Crippen LogP contribution is -2.40. The van der Waals surface area contributed by atoms with Crippen molar-refractivity contribution >= 4 is 5.91 Å². The van der Waals surface area contributed by atoms with Crippen LogP contribution in [-0.2, 0) is 0 Å². The van der Waals surface area contributed by atoms with Crippen molar-refractivity contribution in [1.29, 1.82) is 0 Å². The van der Waals surface area contributed by atoms with Gasteiger partial charge < -0.3 is 24.4 Å². The molecule has 1 atom stereocenters. The maximum Gasteiger partial charge on any atom is 0.254 e. The number of rotatable bonds is 10. The summed E-state index contributed by atoms with van der Waals surface area (Å²) in [5.74, 6) is 2.06. The fourth-order valence-electron chi connectivity index (χ4n) is 3.57. The third kappa shape index (κ3) is 5.64. The van der Waals surface area contributed by atoms with Crippen LogP contribution in [0.1, 0.15) is 30.1 Å².